The van der Waals surface area contributed by atoms with Gasteiger partial charge in [0.2, 0.25) is 0 Å². The predicted molar refractivity (Wildman–Crippen MR) is 70.2 cm³/mol. The fourth-order valence-electron chi connectivity index (χ4n) is 1.55. The van der Waals surface area contributed by atoms with E-state index in [9.17, 15) is 0 Å². The van der Waals surface area contributed by atoms with Gasteiger partial charge in [0.25, 0.3) is 0 Å². The summed E-state index contributed by atoms with van der Waals surface area (Å²) in [5, 5.41) is 4.96. The van der Waals surface area contributed by atoms with E-state index < -0.39 is 0 Å². The largest absolute Gasteiger partial charge is 0.491 e. The van der Waals surface area contributed by atoms with Crippen LogP contribution in [-0.4, -0.2) is 16.4 Å². The zero-order valence-electron chi connectivity index (χ0n) is 10.0. The standard InChI is InChI=1S/C12H15ClN4O/c1-17-7-6-11(16-17)12(15-14)8-18-10-4-2-9(13)3-5-10/h2-7,12,15H,8,14H2,1H3. The Hall–Kier alpha value is -1.56. The minimum Gasteiger partial charge on any atom is -0.491 e. The van der Waals surface area contributed by atoms with E-state index in [1.165, 1.54) is 0 Å². The Bertz CT molecular complexity index is 497. The number of benzene rings is 1. The first-order valence-corrected chi connectivity index (χ1v) is 5.91. The fourth-order valence-corrected chi connectivity index (χ4v) is 1.67. The molecule has 1 aromatic carbocycles. The Balaban J connectivity index is 1.97. The Morgan fingerprint density at radius 1 is 1.39 bits per heavy atom. The molecule has 1 unspecified atom stereocenters. The summed E-state index contributed by atoms with van der Waals surface area (Å²) in [5.41, 5.74) is 3.53. The molecule has 0 aliphatic heterocycles. The fraction of sp³-hybridized carbons (Fsp3) is 0.250. The number of nitrogens with two attached hydrogens (primary N) is 1. The number of nitrogens with zero attached hydrogens (tertiary/aromatic N) is 2. The Kier molecular flexibility index (Phi) is 4.19. The van der Waals surface area contributed by atoms with Crippen molar-refractivity contribution in [1.29, 1.82) is 0 Å². The van der Waals surface area contributed by atoms with Gasteiger partial charge in [0.1, 0.15) is 12.4 Å². The molecule has 0 saturated heterocycles. The number of hydrogen-bond acceptors (Lipinski definition) is 4. The third kappa shape index (κ3) is 3.22. The van der Waals surface area contributed by atoms with E-state index in [1.54, 1.807) is 16.8 Å². The molecule has 0 saturated carbocycles. The number of aryl methyl sites for hydroxylation is 1. The van der Waals surface area contributed by atoms with Crippen LogP contribution in [-0.2, 0) is 7.05 Å². The Labute approximate surface area is 110 Å². The normalized spacial score (nSPS) is 12.4. The Morgan fingerprint density at radius 2 is 2.11 bits per heavy atom. The van der Waals surface area contributed by atoms with Gasteiger partial charge in [0.05, 0.1) is 11.7 Å². The first-order valence-electron chi connectivity index (χ1n) is 5.53. The summed E-state index contributed by atoms with van der Waals surface area (Å²) in [6, 6.07) is 8.94. The van der Waals surface area contributed by atoms with Gasteiger partial charge in [-0.05, 0) is 30.3 Å². The molecule has 0 amide bonds. The molecule has 0 aliphatic carbocycles. The van der Waals surface area contributed by atoms with Crippen LogP contribution in [0, 0.1) is 0 Å². The molecule has 1 heterocycles. The van der Waals surface area contributed by atoms with E-state index in [1.807, 2.05) is 31.4 Å². The van der Waals surface area contributed by atoms with Crippen molar-refractivity contribution in [2.24, 2.45) is 12.9 Å². The van der Waals surface area contributed by atoms with Crippen LogP contribution in [0.5, 0.6) is 5.75 Å². The van der Waals surface area contributed by atoms with E-state index in [4.69, 9.17) is 22.2 Å². The molecule has 0 bridgehead atoms. The summed E-state index contributed by atoms with van der Waals surface area (Å²) in [7, 11) is 1.86. The summed E-state index contributed by atoms with van der Waals surface area (Å²) in [5.74, 6) is 6.25. The second kappa shape index (κ2) is 5.86. The summed E-state index contributed by atoms with van der Waals surface area (Å²) >= 11 is 5.80. The second-order valence-corrected chi connectivity index (χ2v) is 4.33. The molecular weight excluding hydrogens is 252 g/mol. The average molecular weight is 267 g/mol. The van der Waals surface area contributed by atoms with Crippen LogP contribution in [0.1, 0.15) is 11.7 Å². The SMILES string of the molecule is Cn1ccc(C(COc2ccc(Cl)cc2)NN)n1. The summed E-state index contributed by atoms with van der Waals surface area (Å²) in [4.78, 5) is 0. The van der Waals surface area contributed by atoms with E-state index in [0.29, 0.717) is 11.6 Å². The molecule has 5 nitrogen and oxygen atoms in total. The van der Waals surface area contributed by atoms with Crippen molar-refractivity contribution in [3.8, 4) is 5.75 Å². The minimum absolute atomic E-state index is 0.151. The lowest BCUT2D eigenvalue weighted by Crippen LogP contribution is -2.32. The van der Waals surface area contributed by atoms with Gasteiger partial charge in [-0.25, -0.2) is 5.43 Å². The lowest BCUT2D eigenvalue weighted by molar-refractivity contribution is 0.264. The minimum atomic E-state index is -0.151. The van der Waals surface area contributed by atoms with E-state index in [2.05, 4.69) is 10.5 Å². The lowest BCUT2D eigenvalue weighted by Gasteiger charge is -2.14. The Morgan fingerprint density at radius 3 is 2.67 bits per heavy atom. The topological polar surface area (TPSA) is 65.1 Å². The summed E-state index contributed by atoms with van der Waals surface area (Å²) in [6.45, 7) is 0.398. The van der Waals surface area contributed by atoms with Gasteiger partial charge in [-0.15, -0.1) is 0 Å². The highest BCUT2D eigenvalue weighted by atomic mass is 35.5. The first-order chi connectivity index (χ1) is 8.69. The predicted octanol–water partition coefficient (Wildman–Crippen LogP) is 1.66. The van der Waals surface area contributed by atoms with Crippen molar-refractivity contribution >= 4 is 11.6 Å². The molecule has 1 atom stereocenters. The maximum atomic E-state index is 5.80. The van der Waals surface area contributed by atoms with Crippen LogP contribution in [0.25, 0.3) is 0 Å². The van der Waals surface area contributed by atoms with Gasteiger partial charge in [-0.3, -0.25) is 10.5 Å². The zero-order chi connectivity index (χ0) is 13.0. The van der Waals surface area contributed by atoms with Crippen molar-refractivity contribution in [2.45, 2.75) is 6.04 Å². The van der Waals surface area contributed by atoms with E-state index in [0.717, 1.165) is 11.4 Å². The number of ether oxygens (including phenoxy) is 1. The zero-order valence-corrected chi connectivity index (χ0v) is 10.8. The summed E-state index contributed by atoms with van der Waals surface area (Å²) < 4.78 is 7.35. The monoisotopic (exact) mass is 266 g/mol. The molecule has 2 rings (SSSR count). The quantitative estimate of drug-likeness (QED) is 0.638. The molecule has 0 spiro atoms. The van der Waals surface area contributed by atoms with Crippen LogP contribution in [0.15, 0.2) is 36.5 Å². The molecule has 3 N–H and O–H groups in total. The van der Waals surface area contributed by atoms with Crippen molar-refractivity contribution in [3.63, 3.8) is 0 Å². The van der Waals surface area contributed by atoms with Gasteiger partial charge >= 0.3 is 0 Å². The van der Waals surface area contributed by atoms with Gasteiger partial charge in [0, 0.05) is 18.3 Å². The maximum absolute atomic E-state index is 5.80. The number of hydrazine groups is 1. The van der Waals surface area contributed by atoms with Crippen LogP contribution in [0.4, 0.5) is 0 Å². The van der Waals surface area contributed by atoms with Gasteiger partial charge < -0.3 is 4.74 Å². The van der Waals surface area contributed by atoms with Crippen LogP contribution >= 0.6 is 11.6 Å². The second-order valence-electron chi connectivity index (χ2n) is 3.90. The van der Waals surface area contributed by atoms with Crippen molar-refractivity contribution in [2.75, 3.05) is 6.61 Å². The molecule has 6 heteroatoms. The van der Waals surface area contributed by atoms with Crippen LogP contribution in [0.3, 0.4) is 0 Å². The molecule has 18 heavy (non-hydrogen) atoms. The van der Waals surface area contributed by atoms with Gasteiger partial charge in [-0.2, -0.15) is 5.10 Å². The van der Waals surface area contributed by atoms with Gasteiger partial charge in [-0.1, -0.05) is 11.6 Å². The van der Waals surface area contributed by atoms with Crippen molar-refractivity contribution in [1.82, 2.24) is 15.2 Å². The first kappa shape index (κ1) is 12.9. The molecular formula is C12H15ClN4O. The third-order valence-electron chi connectivity index (χ3n) is 2.52. The highest BCUT2D eigenvalue weighted by Gasteiger charge is 2.13. The number of rotatable bonds is 5. The lowest BCUT2D eigenvalue weighted by atomic mass is 10.2. The highest BCUT2D eigenvalue weighted by Crippen LogP contribution is 2.17. The molecule has 0 aliphatic rings. The number of hydrogen-bond donors (Lipinski definition) is 2. The number of aromatic nitrogens is 2. The average Bonchev–Trinajstić information content (AvgIpc) is 2.79. The smallest absolute Gasteiger partial charge is 0.119 e. The van der Waals surface area contributed by atoms with Crippen LogP contribution in [0.2, 0.25) is 5.02 Å². The van der Waals surface area contributed by atoms with E-state index >= 15 is 0 Å². The van der Waals surface area contributed by atoms with Crippen molar-refractivity contribution in [3.05, 3.63) is 47.2 Å². The molecule has 2 aromatic rings. The third-order valence-corrected chi connectivity index (χ3v) is 2.77. The van der Waals surface area contributed by atoms with Gasteiger partial charge in [0.15, 0.2) is 0 Å². The molecule has 0 fully saturated rings. The number of nitrogens with one attached hydrogen (secondary N) is 1. The molecule has 96 valence electrons. The molecule has 1 aromatic heterocycles. The number of halogens is 1. The van der Waals surface area contributed by atoms with E-state index in [-0.39, 0.29) is 6.04 Å². The highest BCUT2D eigenvalue weighted by molar-refractivity contribution is 6.30. The van der Waals surface area contributed by atoms with Crippen molar-refractivity contribution < 1.29 is 4.74 Å². The van der Waals surface area contributed by atoms with Crippen LogP contribution < -0.4 is 16.0 Å². The maximum Gasteiger partial charge on any atom is 0.119 e. The molecule has 0 radical (unpaired) electrons. The summed E-state index contributed by atoms with van der Waals surface area (Å²) in [6.07, 6.45) is 1.86.